The molecule has 4 heteroatoms. The third-order valence-electron chi connectivity index (χ3n) is 2.53. The molecule has 1 aromatic rings. The van der Waals surface area contributed by atoms with E-state index in [1.54, 1.807) is 6.20 Å². The Morgan fingerprint density at radius 1 is 1.59 bits per heavy atom. The highest BCUT2D eigenvalue weighted by Gasteiger charge is 2.10. The Balaban J connectivity index is 2.49. The Kier molecular flexibility index (Phi) is 5.15. The summed E-state index contributed by atoms with van der Waals surface area (Å²) in [4.78, 5) is 15.8. The molecule has 0 aromatic carbocycles. The standard InChI is InChI=1S/C13H17N3O/c1-3-12(6-7-14)16-13(17)8-11-5-4-10(2)15-9-11/h4-5,9,12H,3,6,8H2,1-2H3,(H,16,17)/t12-/m1/s1. The Bertz CT molecular complexity index is 406. The number of pyridine rings is 1. The normalized spacial score (nSPS) is 11.6. The van der Waals surface area contributed by atoms with Crippen molar-refractivity contribution in [2.45, 2.75) is 39.2 Å². The molecule has 0 bridgehead atoms. The smallest absolute Gasteiger partial charge is 0.224 e. The highest BCUT2D eigenvalue weighted by Crippen LogP contribution is 2.02. The molecule has 0 aliphatic rings. The average Bonchev–Trinajstić information content (AvgIpc) is 2.31. The number of aromatic nitrogens is 1. The highest BCUT2D eigenvalue weighted by atomic mass is 16.1. The van der Waals surface area contributed by atoms with Gasteiger partial charge in [-0.3, -0.25) is 9.78 Å². The molecular weight excluding hydrogens is 214 g/mol. The van der Waals surface area contributed by atoms with Crippen LogP contribution in [0.1, 0.15) is 31.0 Å². The van der Waals surface area contributed by atoms with Crippen LogP contribution in [0.15, 0.2) is 18.3 Å². The summed E-state index contributed by atoms with van der Waals surface area (Å²) < 4.78 is 0. The van der Waals surface area contributed by atoms with Crippen LogP contribution in [0.4, 0.5) is 0 Å². The molecule has 0 fully saturated rings. The van der Waals surface area contributed by atoms with Gasteiger partial charge in [0.25, 0.3) is 0 Å². The maximum absolute atomic E-state index is 11.7. The van der Waals surface area contributed by atoms with E-state index in [1.165, 1.54) is 0 Å². The van der Waals surface area contributed by atoms with E-state index >= 15 is 0 Å². The number of nitriles is 1. The number of amides is 1. The fourth-order valence-corrected chi connectivity index (χ4v) is 1.47. The van der Waals surface area contributed by atoms with Crippen LogP contribution >= 0.6 is 0 Å². The van der Waals surface area contributed by atoms with E-state index in [-0.39, 0.29) is 11.9 Å². The average molecular weight is 231 g/mol. The van der Waals surface area contributed by atoms with Crippen LogP contribution < -0.4 is 5.32 Å². The second kappa shape index (κ2) is 6.64. The minimum absolute atomic E-state index is 0.0501. The molecule has 0 saturated carbocycles. The second-order valence-electron chi connectivity index (χ2n) is 4.02. The summed E-state index contributed by atoms with van der Waals surface area (Å²) in [6.45, 7) is 3.86. The molecule has 0 radical (unpaired) electrons. The van der Waals surface area contributed by atoms with Crippen molar-refractivity contribution in [2.24, 2.45) is 0 Å². The number of carbonyl (C=O) groups excluding carboxylic acids is 1. The molecule has 0 spiro atoms. The summed E-state index contributed by atoms with van der Waals surface area (Å²) in [7, 11) is 0. The van der Waals surface area contributed by atoms with Crippen LogP contribution in [0, 0.1) is 18.3 Å². The van der Waals surface area contributed by atoms with Crippen LogP contribution in [0.3, 0.4) is 0 Å². The number of aryl methyl sites for hydroxylation is 1. The van der Waals surface area contributed by atoms with Crippen molar-refractivity contribution in [3.63, 3.8) is 0 Å². The van der Waals surface area contributed by atoms with E-state index in [1.807, 2.05) is 26.0 Å². The summed E-state index contributed by atoms with van der Waals surface area (Å²) in [5.41, 5.74) is 1.82. The third-order valence-corrected chi connectivity index (χ3v) is 2.53. The number of rotatable bonds is 5. The second-order valence-corrected chi connectivity index (χ2v) is 4.02. The minimum atomic E-state index is -0.0576. The van der Waals surface area contributed by atoms with Crippen molar-refractivity contribution in [3.8, 4) is 6.07 Å². The van der Waals surface area contributed by atoms with E-state index in [0.29, 0.717) is 12.8 Å². The van der Waals surface area contributed by atoms with Crippen LogP contribution in [-0.2, 0) is 11.2 Å². The molecule has 1 aromatic heterocycles. The van der Waals surface area contributed by atoms with Gasteiger partial charge in [0.2, 0.25) is 5.91 Å². The molecule has 90 valence electrons. The van der Waals surface area contributed by atoms with Crippen LogP contribution in [0.2, 0.25) is 0 Å². The maximum atomic E-state index is 11.7. The van der Waals surface area contributed by atoms with Gasteiger partial charge in [0.05, 0.1) is 18.9 Å². The van der Waals surface area contributed by atoms with E-state index in [4.69, 9.17) is 5.26 Å². The minimum Gasteiger partial charge on any atom is -0.352 e. The molecule has 4 nitrogen and oxygen atoms in total. The first-order valence-electron chi connectivity index (χ1n) is 5.73. The van der Waals surface area contributed by atoms with Crippen LogP contribution in [0.25, 0.3) is 0 Å². The molecule has 0 aliphatic heterocycles. The molecule has 1 rings (SSSR count). The number of carbonyl (C=O) groups is 1. The quantitative estimate of drug-likeness (QED) is 0.839. The van der Waals surface area contributed by atoms with E-state index in [2.05, 4.69) is 16.4 Å². The Labute approximate surface area is 102 Å². The van der Waals surface area contributed by atoms with Gasteiger partial charge >= 0.3 is 0 Å². The Morgan fingerprint density at radius 3 is 2.88 bits per heavy atom. The predicted molar refractivity (Wildman–Crippen MR) is 65.1 cm³/mol. The SMILES string of the molecule is CC[C@H](CC#N)NC(=O)Cc1ccc(C)nc1. The van der Waals surface area contributed by atoms with Crippen molar-refractivity contribution < 1.29 is 4.79 Å². The largest absolute Gasteiger partial charge is 0.352 e. The molecule has 0 saturated heterocycles. The van der Waals surface area contributed by atoms with Crippen molar-refractivity contribution in [1.82, 2.24) is 10.3 Å². The lowest BCUT2D eigenvalue weighted by atomic mass is 10.1. The zero-order valence-corrected chi connectivity index (χ0v) is 10.2. The molecule has 1 amide bonds. The molecule has 1 atom stereocenters. The van der Waals surface area contributed by atoms with Crippen LogP contribution in [-0.4, -0.2) is 16.9 Å². The Hall–Kier alpha value is -1.89. The fourth-order valence-electron chi connectivity index (χ4n) is 1.47. The highest BCUT2D eigenvalue weighted by molar-refractivity contribution is 5.78. The van der Waals surface area contributed by atoms with Gasteiger partial charge in [-0.05, 0) is 25.0 Å². The molecule has 0 aliphatic carbocycles. The van der Waals surface area contributed by atoms with Gasteiger partial charge in [-0.15, -0.1) is 0 Å². The lowest BCUT2D eigenvalue weighted by molar-refractivity contribution is -0.121. The van der Waals surface area contributed by atoms with E-state index in [0.717, 1.165) is 17.7 Å². The molecule has 1 N–H and O–H groups in total. The van der Waals surface area contributed by atoms with Crippen LogP contribution in [0.5, 0.6) is 0 Å². The van der Waals surface area contributed by atoms with Crippen molar-refractivity contribution in [3.05, 3.63) is 29.6 Å². The first-order chi connectivity index (χ1) is 8.15. The topological polar surface area (TPSA) is 65.8 Å². The predicted octanol–water partition coefficient (Wildman–Crippen LogP) is 1.74. The number of hydrogen-bond acceptors (Lipinski definition) is 3. The van der Waals surface area contributed by atoms with Gasteiger partial charge in [-0.2, -0.15) is 5.26 Å². The lowest BCUT2D eigenvalue weighted by Crippen LogP contribution is -2.35. The summed E-state index contributed by atoms with van der Waals surface area (Å²) in [6.07, 6.45) is 3.15. The van der Waals surface area contributed by atoms with Gasteiger partial charge in [-0.1, -0.05) is 13.0 Å². The summed E-state index contributed by atoms with van der Waals surface area (Å²) in [5, 5.41) is 11.4. The monoisotopic (exact) mass is 231 g/mol. The molecule has 1 heterocycles. The first kappa shape index (κ1) is 13.2. The van der Waals surface area contributed by atoms with Crippen molar-refractivity contribution in [1.29, 1.82) is 5.26 Å². The fraction of sp³-hybridized carbons (Fsp3) is 0.462. The number of nitrogens with zero attached hydrogens (tertiary/aromatic N) is 2. The van der Waals surface area contributed by atoms with Gasteiger partial charge in [0.15, 0.2) is 0 Å². The number of nitrogens with one attached hydrogen (secondary N) is 1. The van der Waals surface area contributed by atoms with Crippen molar-refractivity contribution >= 4 is 5.91 Å². The summed E-state index contributed by atoms with van der Waals surface area (Å²) in [5.74, 6) is -0.0576. The molecule has 0 unspecified atom stereocenters. The molecule has 17 heavy (non-hydrogen) atoms. The zero-order valence-electron chi connectivity index (χ0n) is 10.2. The maximum Gasteiger partial charge on any atom is 0.224 e. The van der Waals surface area contributed by atoms with E-state index < -0.39 is 0 Å². The third kappa shape index (κ3) is 4.64. The van der Waals surface area contributed by atoms with Gasteiger partial charge in [0.1, 0.15) is 0 Å². The molecular formula is C13H17N3O. The van der Waals surface area contributed by atoms with Crippen molar-refractivity contribution in [2.75, 3.05) is 0 Å². The summed E-state index contributed by atoms with van der Waals surface area (Å²) in [6, 6.07) is 5.80. The number of hydrogen-bond donors (Lipinski definition) is 1. The van der Waals surface area contributed by atoms with Gasteiger partial charge in [-0.25, -0.2) is 0 Å². The van der Waals surface area contributed by atoms with Gasteiger partial charge in [0, 0.05) is 17.9 Å². The first-order valence-corrected chi connectivity index (χ1v) is 5.73. The van der Waals surface area contributed by atoms with E-state index in [9.17, 15) is 4.79 Å². The van der Waals surface area contributed by atoms with Gasteiger partial charge < -0.3 is 5.32 Å². The zero-order chi connectivity index (χ0) is 12.7. The summed E-state index contributed by atoms with van der Waals surface area (Å²) >= 11 is 0. The Morgan fingerprint density at radius 2 is 2.35 bits per heavy atom. The lowest BCUT2D eigenvalue weighted by Gasteiger charge is -2.13.